The van der Waals surface area contributed by atoms with Crippen LogP contribution in [0.4, 0.5) is 0 Å². The predicted molar refractivity (Wildman–Crippen MR) is 111 cm³/mol. The quantitative estimate of drug-likeness (QED) is 0.278. The molecule has 0 aromatic carbocycles. The van der Waals surface area contributed by atoms with E-state index in [0.717, 1.165) is 30.8 Å². The van der Waals surface area contributed by atoms with Crippen LogP contribution in [0.5, 0.6) is 0 Å². The highest BCUT2D eigenvalue weighted by Gasteiger charge is 2.49. The Balaban J connectivity index is 5.15. The van der Waals surface area contributed by atoms with Crippen LogP contribution >= 0.6 is 23.8 Å². The van der Waals surface area contributed by atoms with Gasteiger partial charge in [-0.1, -0.05) is 11.2 Å². The third kappa shape index (κ3) is 8.63. The third-order valence-corrected chi connectivity index (χ3v) is 13.2. The maximum absolute atomic E-state index is 6.11. The summed E-state index contributed by atoms with van der Waals surface area (Å²) in [6.45, 7) is 7.73. The average Bonchev–Trinajstić information content (AvgIpc) is 2.62. The lowest BCUT2D eigenvalue weighted by Crippen LogP contribution is -2.51. The summed E-state index contributed by atoms with van der Waals surface area (Å²) in [5, 5.41) is 0. The number of rotatable bonds is 17. The fraction of sp³-hybridized carbons (Fsp3) is 1.00. The first-order valence-corrected chi connectivity index (χ1v) is 14.7. The van der Waals surface area contributed by atoms with E-state index in [1.807, 2.05) is 20.8 Å². The van der Waals surface area contributed by atoms with E-state index in [-0.39, 0.29) is 5.54 Å². The highest BCUT2D eigenvalue weighted by Crippen LogP contribution is 2.36. The van der Waals surface area contributed by atoms with E-state index >= 15 is 0 Å². The Labute approximate surface area is 165 Å². The summed E-state index contributed by atoms with van der Waals surface area (Å²) in [6.07, 6.45) is 2.87. The lowest BCUT2D eigenvalue weighted by atomic mass is 10.2. The zero-order valence-electron chi connectivity index (χ0n) is 16.5. The molecule has 0 aromatic heterocycles. The van der Waals surface area contributed by atoms with E-state index in [1.165, 1.54) is 0 Å². The first-order valence-electron chi connectivity index (χ1n) is 8.85. The van der Waals surface area contributed by atoms with Gasteiger partial charge in [0.2, 0.25) is 0 Å². The molecule has 0 saturated heterocycles. The Morgan fingerprint density at radius 2 is 1.32 bits per heavy atom. The number of thiol groups is 1. The van der Waals surface area contributed by atoms with E-state index in [1.54, 1.807) is 32.5 Å². The number of hydrogen-bond donors (Lipinski definition) is 1. The van der Waals surface area contributed by atoms with Crippen LogP contribution in [0.2, 0.25) is 5.54 Å². The van der Waals surface area contributed by atoms with Crippen LogP contribution in [0.15, 0.2) is 0 Å². The molecule has 0 fully saturated rings. The Hall–Kier alpha value is 0.894. The lowest BCUT2D eigenvalue weighted by Gasteiger charge is -2.35. The summed E-state index contributed by atoms with van der Waals surface area (Å²) in [6, 6.07) is 0. The van der Waals surface area contributed by atoms with Crippen LogP contribution in [-0.4, -0.2) is 69.4 Å². The van der Waals surface area contributed by atoms with Crippen LogP contribution in [0, 0.1) is 0 Å². The molecule has 10 heteroatoms. The third-order valence-electron chi connectivity index (χ3n) is 3.74. The van der Waals surface area contributed by atoms with Crippen LogP contribution < -0.4 is 0 Å². The molecule has 0 aliphatic heterocycles. The molecular weight excluding hydrogens is 396 g/mol. The minimum atomic E-state index is -2.74. The zero-order chi connectivity index (χ0) is 19.2. The van der Waals surface area contributed by atoms with Gasteiger partial charge in [0.25, 0.3) is 0 Å². The summed E-state index contributed by atoms with van der Waals surface area (Å²) in [5.41, 5.74) is 0.226. The van der Waals surface area contributed by atoms with Gasteiger partial charge in [0.15, 0.2) is 0 Å². The monoisotopic (exact) mass is 432 g/mol. The van der Waals surface area contributed by atoms with Crippen LogP contribution in [0.3, 0.4) is 0 Å². The van der Waals surface area contributed by atoms with E-state index in [4.69, 9.17) is 26.6 Å². The molecule has 0 radical (unpaired) electrons. The molecule has 0 rings (SSSR count). The molecule has 25 heavy (non-hydrogen) atoms. The van der Waals surface area contributed by atoms with Crippen molar-refractivity contribution in [2.24, 2.45) is 0 Å². The molecule has 0 saturated carbocycles. The molecule has 0 N–H and O–H groups in total. The van der Waals surface area contributed by atoms with Crippen molar-refractivity contribution in [3.8, 4) is 0 Å². The Kier molecular flexibility index (Phi) is 15.4. The van der Waals surface area contributed by atoms with Gasteiger partial charge in [-0.2, -0.15) is 12.6 Å². The summed E-state index contributed by atoms with van der Waals surface area (Å²) >= 11 is 5.97. The largest absolute Gasteiger partial charge is 0.572 e. The number of hydrogen-bond acceptors (Lipinski definition) is 8. The fourth-order valence-electron chi connectivity index (χ4n) is 2.67. The van der Waals surface area contributed by atoms with Gasteiger partial charge >= 0.3 is 16.8 Å². The van der Waals surface area contributed by atoms with Crippen molar-refractivity contribution in [3.05, 3.63) is 0 Å². The van der Waals surface area contributed by atoms with Crippen LogP contribution in [-0.2, 0) is 26.6 Å². The van der Waals surface area contributed by atoms with Gasteiger partial charge in [-0.15, -0.1) is 0 Å². The van der Waals surface area contributed by atoms with E-state index in [2.05, 4.69) is 12.6 Å². The van der Waals surface area contributed by atoms with Gasteiger partial charge in [-0.05, 0) is 51.5 Å². The summed E-state index contributed by atoms with van der Waals surface area (Å²) in [5.74, 6) is 1.67. The molecule has 0 aliphatic carbocycles. The van der Waals surface area contributed by atoms with E-state index in [0.29, 0.717) is 19.8 Å². The smallest absolute Gasteiger partial charge is 0.374 e. The van der Waals surface area contributed by atoms with Gasteiger partial charge in [-0.25, -0.2) is 0 Å². The molecule has 0 aromatic rings. The van der Waals surface area contributed by atoms with Crippen molar-refractivity contribution in [1.29, 1.82) is 0 Å². The molecule has 0 heterocycles. The molecule has 0 bridgehead atoms. The first kappa shape index (κ1) is 25.9. The van der Waals surface area contributed by atoms with Gasteiger partial charge < -0.3 is 26.6 Å². The van der Waals surface area contributed by atoms with E-state index in [9.17, 15) is 0 Å². The first-order chi connectivity index (χ1) is 12.0. The SMILES string of the molecule is CCO[Si](OCC)(OCC)C(CCCS)CCS[Si](OC)(OC)OC. The van der Waals surface area contributed by atoms with Gasteiger partial charge in [0.05, 0.1) is 0 Å². The Morgan fingerprint density at radius 3 is 1.68 bits per heavy atom. The van der Waals surface area contributed by atoms with Crippen LogP contribution in [0.25, 0.3) is 0 Å². The molecule has 152 valence electrons. The molecule has 1 atom stereocenters. The van der Waals surface area contributed by atoms with Crippen LogP contribution in [0.1, 0.15) is 40.0 Å². The van der Waals surface area contributed by atoms with Crippen molar-refractivity contribution in [2.75, 3.05) is 52.7 Å². The molecule has 0 aliphatic rings. The van der Waals surface area contributed by atoms with Gasteiger partial charge in [0.1, 0.15) is 0 Å². The second-order valence-electron chi connectivity index (χ2n) is 5.21. The molecular formula is C15H36O6S2Si2. The second-order valence-corrected chi connectivity index (χ2v) is 13.8. The Morgan fingerprint density at radius 1 is 0.840 bits per heavy atom. The Bertz CT molecular complexity index is 299. The maximum Gasteiger partial charge on any atom is 0.572 e. The topological polar surface area (TPSA) is 55.4 Å². The standard InChI is InChI=1S/C15H36O6S2Si2/c1-7-19-24(20-8-2,21-9-3)15(11-10-13-22)12-14-23-25(16-4,17-5)18-6/h15,22H,7-14H2,1-6H3. The summed E-state index contributed by atoms with van der Waals surface area (Å²) in [7, 11) is -0.491. The predicted octanol–water partition coefficient (Wildman–Crippen LogP) is 3.61. The minimum Gasteiger partial charge on any atom is -0.374 e. The lowest BCUT2D eigenvalue weighted by molar-refractivity contribution is 0.0592. The normalized spacial score (nSPS) is 14.0. The van der Waals surface area contributed by atoms with Crippen molar-refractivity contribution >= 4 is 40.6 Å². The van der Waals surface area contributed by atoms with Gasteiger partial charge in [-0.3, -0.25) is 0 Å². The molecule has 0 amide bonds. The summed E-state index contributed by atoms with van der Waals surface area (Å²) < 4.78 is 34.8. The van der Waals surface area contributed by atoms with Gasteiger partial charge in [0, 0.05) is 46.7 Å². The minimum absolute atomic E-state index is 0.226. The van der Waals surface area contributed by atoms with Crippen molar-refractivity contribution < 1.29 is 26.6 Å². The molecule has 0 spiro atoms. The maximum atomic E-state index is 6.11. The zero-order valence-corrected chi connectivity index (χ0v) is 20.3. The highest BCUT2D eigenvalue weighted by molar-refractivity contribution is 8.26. The van der Waals surface area contributed by atoms with Crippen molar-refractivity contribution in [1.82, 2.24) is 0 Å². The molecule has 6 nitrogen and oxygen atoms in total. The van der Waals surface area contributed by atoms with Crippen molar-refractivity contribution in [3.63, 3.8) is 0 Å². The molecule has 1 unspecified atom stereocenters. The second kappa shape index (κ2) is 14.9. The van der Waals surface area contributed by atoms with E-state index < -0.39 is 16.8 Å². The average molecular weight is 433 g/mol. The highest BCUT2D eigenvalue weighted by atomic mass is 32.4. The summed E-state index contributed by atoms with van der Waals surface area (Å²) in [4.78, 5) is 0. The van der Waals surface area contributed by atoms with Crippen molar-refractivity contribution in [2.45, 2.75) is 45.6 Å². The fourth-order valence-corrected chi connectivity index (χ4v) is 9.95.